The molecule has 0 aliphatic carbocycles. The Morgan fingerprint density at radius 1 is 1.47 bits per heavy atom. The highest BCUT2D eigenvalue weighted by Gasteiger charge is 2.26. The number of aliphatic carboxylic acids is 1. The van der Waals surface area contributed by atoms with Crippen molar-refractivity contribution in [3.05, 3.63) is 23.7 Å². The number of hydrogen-bond donors (Lipinski definition) is 2. The summed E-state index contributed by atoms with van der Waals surface area (Å²) >= 11 is 1.59. The van der Waals surface area contributed by atoms with E-state index in [-0.39, 0.29) is 11.7 Å². The molecule has 106 valence electrons. The zero-order valence-electron chi connectivity index (χ0n) is 11.3. The lowest BCUT2D eigenvalue weighted by Crippen LogP contribution is -2.44. The fourth-order valence-electron chi connectivity index (χ4n) is 1.62. The van der Waals surface area contributed by atoms with Gasteiger partial charge in [-0.1, -0.05) is 20.3 Å². The van der Waals surface area contributed by atoms with E-state index in [1.807, 2.05) is 13.2 Å². The number of hydrogen-bond acceptors (Lipinski definition) is 4. The van der Waals surface area contributed by atoms with Crippen molar-refractivity contribution in [2.75, 3.05) is 6.26 Å². The SMILES string of the molecule is CCC(C)C(NC(=O)c1ccc(CSC)o1)C(=O)O. The highest BCUT2D eigenvalue weighted by Crippen LogP contribution is 2.14. The topological polar surface area (TPSA) is 79.5 Å². The number of carboxylic acids is 1. The molecule has 1 aromatic heterocycles. The Morgan fingerprint density at radius 3 is 2.68 bits per heavy atom. The normalized spacial score (nSPS) is 13.8. The third-order valence-corrected chi connectivity index (χ3v) is 3.51. The van der Waals surface area contributed by atoms with Gasteiger partial charge in [-0.3, -0.25) is 4.79 Å². The van der Waals surface area contributed by atoms with Crippen LogP contribution in [0.5, 0.6) is 0 Å². The number of furan rings is 1. The van der Waals surface area contributed by atoms with E-state index in [1.54, 1.807) is 30.8 Å². The summed E-state index contributed by atoms with van der Waals surface area (Å²) in [6, 6.07) is 2.40. The standard InChI is InChI=1S/C13H19NO4S/c1-4-8(2)11(13(16)17)14-12(15)10-6-5-9(18-10)7-19-3/h5-6,8,11H,4,7H2,1-3H3,(H,14,15)(H,16,17). The average molecular weight is 285 g/mol. The maximum atomic E-state index is 11.9. The molecule has 5 nitrogen and oxygen atoms in total. The van der Waals surface area contributed by atoms with Gasteiger partial charge in [0.05, 0.1) is 5.75 Å². The van der Waals surface area contributed by atoms with Crippen LogP contribution in [0.3, 0.4) is 0 Å². The second-order valence-electron chi connectivity index (χ2n) is 4.37. The number of carbonyl (C=O) groups excluding carboxylic acids is 1. The zero-order chi connectivity index (χ0) is 14.4. The Balaban J connectivity index is 2.73. The monoisotopic (exact) mass is 285 g/mol. The predicted octanol–water partition coefficient (Wildman–Crippen LogP) is 2.37. The summed E-state index contributed by atoms with van der Waals surface area (Å²) in [6.45, 7) is 3.68. The largest absolute Gasteiger partial charge is 0.480 e. The first-order valence-corrected chi connectivity index (χ1v) is 7.50. The van der Waals surface area contributed by atoms with Crippen LogP contribution in [0.15, 0.2) is 16.5 Å². The van der Waals surface area contributed by atoms with Crippen LogP contribution in [0.4, 0.5) is 0 Å². The molecule has 2 unspecified atom stereocenters. The van der Waals surface area contributed by atoms with E-state index in [9.17, 15) is 9.59 Å². The van der Waals surface area contributed by atoms with Gasteiger partial charge in [-0.05, 0) is 24.3 Å². The lowest BCUT2D eigenvalue weighted by molar-refractivity contribution is -0.140. The van der Waals surface area contributed by atoms with Gasteiger partial charge < -0.3 is 14.8 Å². The van der Waals surface area contributed by atoms with Crippen LogP contribution in [0.1, 0.15) is 36.6 Å². The van der Waals surface area contributed by atoms with Crippen molar-refractivity contribution >= 4 is 23.6 Å². The first-order chi connectivity index (χ1) is 8.99. The van der Waals surface area contributed by atoms with E-state index < -0.39 is 17.9 Å². The van der Waals surface area contributed by atoms with Gasteiger partial charge in [0.2, 0.25) is 0 Å². The molecule has 0 spiro atoms. The lowest BCUT2D eigenvalue weighted by atomic mass is 9.99. The van der Waals surface area contributed by atoms with E-state index >= 15 is 0 Å². The van der Waals surface area contributed by atoms with E-state index in [4.69, 9.17) is 9.52 Å². The van der Waals surface area contributed by atoms with Crippen LogP contribution < -0.4 is 5.32 Å². The third kappa shape index (κ3) is 4.31. The second-order valence-corrected chi connectivity index (χ2v) is 5.24. The quantitative estimate of drug-likeness (QED) is 0.804. The smallest absolute Gasteiger partial charge is 0.326 e. The van der Waals surface area contributed by atoms with E-state index in [0.717, 1.165) is 0 Å². The molecule has 0 saturated heterocycles. The molecule has 1 amide bonds. The maximum Gasteiger partial charge on any atom is 0.326 e. The number of carboxylic acid groups (broad SMARTS) is 1. The highest BCUT2D eigenvalue weighted by molar-refractivity contribution is 7.97. The Morgan fingerprint density at radius 2 is 2.16 bits per heavy atom. The summed E-state index contributed by atoms with van der Waals surface area (Å²) < 4.78 is 5.35. The Hall–Kier alpha value is -1.43. The van der Waals surface area contributed by atoms with Crippen molar-refractivity contribution in [2.45, 2.75) is 32.1 Å². The van der Waals surface area contributed by atoms with Gasteiger partial charge in [-0.15, -0.1) is 0 Å². The molecule has 1 aromatic rings. The molecule has 0 bridgehead atoms. The van der Waals surface area contributed by atoms with Crippen molar-refractivity contribution in [1.29, 1.82) is 0 Å². The van der Waals surface area contributed by atoms with Gasteiger partial charge >= 0.3 is 5.97 Å². The molecular weight excluding hydrogens is 266 g/mol. The fourth-order valence-corrected chi connectivity index (χ4v) is 2.05. The predicted molar refractivity (Wildman–Crippen MR) is 74.3 cm³/mol. The lowest BCUT2D eigenvalue weighted by Gasteiger charge is -2.19. The van der Waals surface area contributed by atoms with E-state index in [2.05, 4.69) is 5.32 Å². The molecule has 6 heteroatoms. The maximum absolute atomic E-state index is 11.9. The molecule has 0 radical (unpaired) electrons. The van der Waals surface area contributed by atoms with Crippen molar-refractivity contribution in [3.8, 4) is 0 Å². The summed E-state index contributed by atoms with van der Waals surface area (Å²) in [5.74, 6) is -0.117. The van der Waals surface area contributed by atoms with Crippen LogP contribution in [-0.4, -0.2) is 29.3 Å². The van der Waals surface area contributed by atoms with Gasteiger partial charge in [0, 0.05) is 0 Å². The van der Waals surface area contributed by atoms with Crippen LogP contribution in [-0.2, 0) is 10.5 Å². The Kier molecular flexibility index (Phi) is 5.95. The molecule has 0 aromatic carbocycles. The van der Waals surface area contributed by atoms with Gasteiger partial charge in [-0.25, -0.2) is 4.79 Å². The van der Waals surface area contributed by atoms with Crippen LogP contribution in [0.2, 0.25) is 0 Å². The summed E-state index contributed by atoms with van der Waals surface area (Å²) in [6.07, 6.45) is 2.61. The molecule has 1 heterocycles. The zero-order valence-corrected chi connectivity index (χ0v) is 12.1. The minimum atomic E-state index is -1.03. The molecule has 0 aliphatic rings. The second kappa shape index (κ2) is 7.23. The van der Waals surface area contributed by atoms with Crippen molar-refractivity contribution in [3.63, 3.8) is 0 Å². The van der Waals surface area contributed by atoms with E-state index in [1.165, 1.54) is 0 Å². The Labute approximate surface area is 116 Å². The number of amides is 1. The number of rotatable bonds is 7. The van der Waals surface area contributed by atoms with Gasteiger partial charge in [0.1, 0.15) is 11.8 Å². The van der Waals surface area contributed by atoms with Gasteiger partial charge in [0.15, 0.2) is 5.76 Å². The molecular formula is C13H19NO4S. The third-order valence-electron chi connectivity index (χ3n) is 2.94. The van der Waals surface area contributed by atoms with Crippen LogP contribution >= 0.6 is 11.8 Å². The van der Waals surface area contributed by atoms with Crippen molar-refractivity contribution in [2.24, 2.45) is 5.92 Å². The fraction of sp³-hybridized carbons (Fsp3) is 0.538. The van der Waals surface area contributed by atoms with Crippen LogP contribution in [0, 0.1) is 5.92 Å². The first kappa shape index (κ1) is 15.6. The molecule has 0 saturated carbocycles. The van der Waals surface area contributed by atoms with Crippen molar-refractivity contribution < 1.29 is 19.1 Å². The average Bonchev–Trinajstić information content (AvgIpc) is 2.83. The number of carbonyl (C=O) groups is 2. The van der Waals surface area contributed by atoms with Crippen molar-refractivity contribution in [1.82, 2.24) is 5.32 Å². The molecule has 2 N–H and O–H groups in total. The summed E-state index contributed by atoms with van der Waals surface area (Å²) in [4.78, 5) is 23.0. The summed E-state index contributed by atoms with van der Waals surface area (Å²) in [5.41, 5.74) is 0. The highest BCUT2D eigenvalue weighted by atomic mass is 32.2. The minimum Gasteiger partial charge on any atom is -0.480 e. The minimum absolute atomic E-state index is 0.137. The molecule has 0 aliphatic heterocycles. The molecule has 1 rings (SSSR count). The summed E-state index contributed by atoms with van der Waals surface area (Å²) in [5, 5.41) is 11.6. The van der Waals surface area contributed by atoms with E-state index in [0.29, 0.717) is 17.9 Å². The number of nitrogens with one attached hydrogen (secondary N) is 1. The van der Waals surface area contributed by atoms with Crippen LogP contribution in [0.25, 0.3) is 0 Å². The van der Waals surface area contributed by atoms with Gasteiger partial charge in [-0.2, -0.15) is 11.8 Å². The molecule has 0 fully saturated rings. The first-order valence-electron chi connectivity index (χ1n) is 6.10. The number of thioether (sulfide) groups is 1. The Bertz CT molecular complexity index is 444. The molecule has 2 atom stereocenters. The van der Waals surface area contributed by atoms with Gasteiger partial charge in [0.25, 0.3) is 5.91 Å². The molecule has 19 heavy (non-hydrogen) atoms. The summed E-state index contributed by atoms with van der Waals surface area (Å²) in [7, 11) is 0.